The lowest BCUT2D eigenvalue weighted by molar-refractivity contribution is -0.159. The lowest BCUT2D eigenvalue weighted by Crippen LogP contribution is -2.53. The SMILES string of the molecule is CCOC(=O)N1CCN(C(=O)C2CCN(CC(C)=Cc3ccccc3)CC2)CC1.O=C(O)C(=O)O. The molecule has 1 aromatic carbocycles. The fraction of sp³-hybridized carbons (Fsp3) is 0.520. The molecule has 35 heavy (non-hydrogen) atoms. The van der Waals surface area contributed by atoms with Gasteiger partial charge in [-0.3, -0.25) is 9.69 Å². The number of hydrogen-bond acceptors (Lipinski definition) is 6. The van der Waals surface area contributed by atoms with E-state index in [-0.39, 0.29) is 17.9 Å². The Hall–Kier alpha value is -3.40. The Morgan fingerprint density at radius 2 is 1.46 bits per heavy atom. The van der Waals surface area contributed by atoms with Crippen molar-refractivity contribution in [3.05, 3.63) is 41.5 Å². The number of ether oxygens (including phenoxy) is 1. The second kappa shape index (κ2) is 14.1. The van der Waals surface area contributed by atoms with Gasteiger partial charge in [-0.25, -0.2) is 14.4 Å². The summed E-state index contributed by atoms with van der Waals surface area (Å²) in [6.45, 7) is 9.58. The summed E-state index contributed by atoms with van der Waals surface area (Å²) in [5.41, 5.74) is 2.58. The molecule has 2 N–H and O–H groups in total. The first-order chi connectivity index (χ1) is 16.7. The van der Waals surface area contributed by atoms with Crippen LogP contribution in [0.2, 0.25) is 0 Å². The number of carbonyl (C=O) groups excluding carboxylic acids is 2. The van der Waals surface area contributed by atoms with E-state index in [9.17, 15) is 9.59 Å². The number of hydrogen-bond donors (Lipinski definition) is 2. The summed E-state index contributed by atoms with van der Waals surface area (Å²) in [6, 6.07) is 10.4. The minimum atomic E-state index is -1.82. The third-order valence-electron chi connectivity index (χ3n) is 5.92. The van der Waals surface area contributed by atoms with Crippen LogP contribution < -0.4 is 0 Å². The maximum absolute atomic E-state index is 12.9. The van der Waals surface area contributed by atoms with Crippen molar-refractivity contribution in [3.63, 3.8) is 0 Å². The standard InChI is InChI=1S/C23H33N3O3.C2H2O4/c1-3-29-23(28)26-15-13-25(14-16-26)22(27)21-9-11-24(12-10-21)18-19(2)17-20-7-5-4-6-8-20;3-1(4)2(5)6/h4-8,17,21H,3,9-16,18H2,1-2H3;(H,3,4)(H,5,6). The van der Waals surface area contributed by atoms with Crippen molar-refractivity contribution in [2.24, 2.45) is 5.92 Å². The number of benzene rings is 1. The number of carbonyl (C=O) groups is 4. The van der Waals surface area contributed by atoms with Gasteiger partial charge in [0.25, 0.3) is 0 Å². The summed E-state index contributed by atoms with van der Waals surface area (Å²) in [6.07, 6.45) is 3.79. The quantitative estimate of drug-likeness (QED) is 0.603. The van der Waals surface area contributed by atoms with Gasteiger partial charge in [0.05, 0.1) is 6.61 Å². The summed E-state index contributed by atoms with van der Waals surface area (Å²) < 4.78 is 5.05. The summed E-state index contributed by atoms with van der Waals surface area (Å²) >= 11 is 0. The van der Waals surface area contributed by atoms with E-state index in [1.54, 1.807) is 4.90 Å². The van der Waals surface area contributed by atoms with Crippen LogP contribution >= 0.6 is 0 Å². The Kier molecular flexibility index (Phi) is 11.2. The summed E-state index contributed by atoms with van der Waals surface area (Å²) in [5.74, 6) is -3.28. The molecule has 0 spiro atoms. The van der Waals surface area contributed by atoms with Crippen molar-refractivity contribution in [1.82, 2.24) is 14.7 Å². The van der Waals surface area contributed by atoms with Crippen molar-refractivity contribution in [2.75, 3.05) is 52.4 Å². The van der Waals surface area contributed by atoms with E-state index in [0.29, 0.717) is 32.8 Å². The lowest BCUT2D eigenvalue weighted by atomic mass is 9.94. The highest BCUT2D eigenvalue weighted by Crippen LogP contribution is 2.22. The van der Waals surface area contributed by atoms with E-state index in [4.69, 9.17) is 24.5 Å². The van der Waals surface area contributed by atoms with E-state index in [2.05, 4.69) is 42.2 Å². The van der Waals surface area contributed by atoms with Crippen LogP contribution in [-0.2, 0) is 19.1 Å². The lowest BCUT2D eigenvalue weighted by Gasteiger charge is -2.38. The van der Waals surface area contributed by atoms with Crippen molar-refractivity contribution >= 4 is 30.0 Å². The van der Waals surface area contributed by atoms with Crippen LogP contribution in [0.1, 0.15) is 32.3 Å². The zero-order chi connectivity index (χ0) is 25.8. The van der Waals surface area contributed by atoms with Gasteiger partial charge in [-0.1, -0.05) is 42.0 Å². The van der Waals surface area contributed by atoms with Crippen molar-refractivity contribution in [1.29, 1.82) is 0 Å². The molecule has 2 saturated heterocycles. The number of likely N-dealkylation sites (tertiary alicyclic amines) is 1. The average molecular weight is 490 g/mol. The van der Waals surface area contributed by atoms with Crippen LogP contribution in [0.5, 0.6) is 0 Å². The number of rotatable bonds is 5. The van der Waals surface area contributed by atoms with E-state index in [1.165, 1.54) is 11.1 Å². The highest BCUT2D eigenvalue weighted by Gasteiger charge is 2.31. The first kappa shape index (κ1) is 27.8. The molecule has 0 radical (unpaired) electrons. The molecule has 10 nitrogen and oxygen atoms in total. The first-order valence-electron chi connectivity index (χ1n) is 11.8. The monoisotopic (exact) mass is 489 g/mol. The van der Waals surface area contributed by atoms with Gasteiger partial charge in [-0.2, -0.15) is 0 Å². The Bertz CT molecular complexity index is 876. The first-order valence-corrected chi connectivity index (χ1v) is 11.8. The fourth-order valence-electron chi connectivity index (χ4n) is 4.15. The number of carboxylic acids is 2. The molecule has 1 aromatic rings. The predicted molar refractivity (Wildman–Crippen MR) is 130 cm³/mol. The maximum Gasteiger partial charge on any atom is 0.414 e. The second-order valence-electron chi connectivity index (χ2n) is 8.57. The summed E-state index contributed by atoms with van der Waals surface area (Å²) in [4.78, 5) is 49.0. The molecule has 2 aliphatic heterocycles. The highest BCUT2D eigenvalue weighted by atomic mass is 16.6. The molecule has 0 aromatic heterocycles. The van der Waals surface area contributed by atoms with E-state index in [0.717, 1.165) is 32.5 Å². The molecule has 2 amide bonds. The molecule has 3 rings (SSSR count). The van der Waals surface area contributed by atoms with Crippen molar-refractivity contribution < 1.29 is 34.1 Å². The molecular formula is C25H35N3O7. The number of piperidine rings is 1. The van der Waals surface area contributed by atoms with Gasteiger partial charge in [-0.05, 0) is 45.3 Å². The highest BCUT2D eigenvalue weighted by molar-refractivity contribution is 6.27. The van der Waals surface area contributed by atoms with Crippen LogP contribution in [-0.4, -0.2) is 101 Å². The normalized spacial score (nSPS) is 17.3. The van der Waals surface area contributed by atoms with Crippen molar-refractivity contribution in [3.8, 4) is 0 Å². The third kappa shape index (κ3) is 9.40. The number of amides is 2. The van der Waals surface area contributed by atoms with Crippen molar-refractivity contribution in [2.45, 2.75) is 26.7 Å². The summed E-state index contributed by atoms with van der Waals surface area (Å²) in [7, 11) is 0. The third-order valence-corrected chi connectivity index (χ3v) is 5.92. The zero-order valence-corrected chi connectivity index (χ0v) is 20.4. The van der Waals surface area contributed by atoms with Crippen LogP contribution in [0.3, 0.4) is 0 Å². The molecular weight excluding hydrogens is 454 g/mol. The van der Waals surface area contributed by atoms with Crippen LogP contribution in [0.4, 0.5) is 4.79 Å². The molecule has 2 heterocycles. The molecule has 0 atom stereocenters. The van der Waals surface area contributed by atoms with Gasteiger partial charge in [0, 0.05) is 38.6 Å². The number of nitrogens with zero attached hydrogens (tertiary/aromatic N) is 3. The zero-order valence-electron chi connectivity index (χ0n) is 20.4. The Morgan fingerprint density at radius 1 is 0.914 bits per heavy atom. The Balaban J connectivity index is 0.000000641. The van der Waals surface area contributed by atoms with Crippen LogP contribution in [0.25, 0.3) is 6.08 Å². The summed E-state index contributed by atoms with van der Waals surface area (Å²) in [5, 5.41) is 14.8. The number of aliphatic carboxylic acids is 2. The van der Waals surface area contributed by atoms with Crippen LogP contribution in [0.15, 0.2) is 35.9 Å². The van der Waals surface area contributed by atoms with Gasteiger partial charge in [0.1, 0.15) is 0 Å². The van der Waals surface area contributed by atoms with Gasteiger partial charge < -0.3 is 24.7 Å². The average Bonchev–Trinajstić information content (AvgIpc) is 2.85. The van der Waals surface area contributed by atoms with E-state index < -0.39 is 11.9 Å². The Labute approximate surface area is 205 Å². The van der Waals surface area contributed by atoms with Crippen LogP contribution in [0, 0.1) is 5.92 Å². The van der Waals surface area contributed by atoms with Gasteiger partial charge in [-0.15, -0.1) is 0 Å². The molecule has 192 valence electrons. The molecule has 2 fully saturated rings. The molecule has 0 bridgehead atoms. The minimum Gasteiger partial charge on any atom is -0.473 e. The molecule has 0 aliphatic carbocycles. The second-order valence-corrected chi connectivity index (χ2v) is 8.57. The minimum absolute atomic E-state index is 0.110. The fourth-order valence-corrected chi connectivity index (χ4v) is 4.15. The molecule has 0 unspecified atom stereocenters. The molecule has 0 saturated carbocycles. The smallest absolute Gasteiger partial charge is 0.414 e. The number of carboxylic acid groups (broad SMARTS) is 2. The molecule has 10 heteroatoms. The topological polar surface area (TPSA) is 128 Å². The van der Waals surface area contributed by atoms with E-state index in [1.807, 2.05) is 17.9 Å². The maximum atomic E-state index is 12.9. The van der Waals surface area contributed by atoms with Gasteiger partial charge in [0.15, 0.2) is 0 Å². The number of piperazine rings is 1. The van der Waals surface area contributed by atoms with Gasteiger partial charge in [0.2, 0.25) is 5.91 Å². The predicted octanol–water partition coefficient (Wildman–Crippen LogP) is 2.26. The molecule has 2 aliphatic rings. The van der Waals surface area contributed by atoms with E-state index >= 15 is 0 Å². The largest absolute Gasteiger partial charge is 0.473 e. The van der Waals surface area contributed by atoms with Gasteiger partial charge >= 0.3 is 18.0 Å². The Morgan fingerprint density at radius 3 is 1.97 bits per heavy atom.